The third kappa shape index (κ3) is 3.12. The zero-order valence-corrected chi connectivity index (χ0v) is 7.94. The highest BCUT2D eigenvalue weighted by Gasteiger charge is 2.18. The van der Waals surface area contributed by atoms with Crippen LogP contribution in [0.3, 0.4) is 0 Å². The molecule has 0 saturated carbocycles. The summed E-state index contributed by atoms with van der Waals surface area (Å²) in [6, 6.07) is 3.42. The van der Waals surface area contributed by atoms with Gasteiger partial charge in [0, 0.05) is 18.8 Å². The summed E-state index contributed by atoms with van der Waals surface area (Å²) < 4.78 is 17.7. The molecule has 1 rings (SSSR count). The molecule has 76 valence electrons. The molecule has 14 heavy (non-hydrogen) atoms. The largest absolute Gasteiger partial charge is 0.464 e. The van der Waals surface area contributed by atoms with Crippen molar-refractivity contribution in [1.29, 1.82) is 0 Å². The lowest BCUT2D eigenvalue weighted by molar-refractivity contribution is -0.149. The number of carbonyl (C=O) groups excluding carboxylic acids is 1. The van der Waals surface area contributed by atoms with Crippen LogP contribution >= 0.6 is 0 Å². The van der Waals surface area contributed by atoms with Gasteiger partial charge in [-0.15, -0.1) is 0 Å². The van der Waals surface area contributed by atoms with Gasteiger partial charge in [-0.25, -0.2) is 9.18 Å². The Bertz CT molecular complexity index is 289. The fourth-order valence-corrected chi connectivity index (χ4v) is 1.04. The van der Waals surface area contributed by atoms with Gasteiger partial charge >= 0.3 is 5.97 Å². The molecule has 0 aliphatic heterocycles. The number of carbonyl (C=O) groups is 1. The molecular weight excluding hydrogens is 185 g/mol. The molecule has 0 aliphatic rings. The highest BCUT2D eigenvalue weighted by atomic mass is 19.1. The summed E-state index contributed by atoms with van der Waals surface area (Å²) in [5.74, 6) is -0.809. The molecule has 0 spiro atoms. The normalized spacial score (nSPS) is 12.1. The minimum atomic E-state index is -1.60. The Labute approximate surface area is 81.9 Å². The number of alkyl halides is 1. The van der Waals surface area contributed by atoms with Gasteiger partial charge in [0.25, 0.3) is 0 Å². The van der Waals surface area contributed by atoms with E-state index < -0.39 is 12.1 Å². The summed E-state index contributed by atoms with van der Waals surface area (Å²) >= 11 is 0. The number of ether oxygens (including phenoxy) is 1. The van der Waals surface area contributed by atoms with Crippen LogP contribution in [0.2, 0.25) is 0 Å². The van der Waals surface area contributed by atoms with Crippen LogP contribution in [0.5, 0.6) is 0 Å². The first-order valence-corrected chi connectivity index (χ1v) is 4.43. The molecule has 1 aromatic rings. The van der Waals surface area contributed by atoms with Crippen LogP contribution in [0.4, 0.5) is 4.39 Å². The standard InChI is InChI=1S/C10H12FNO2/c1-2-14-10(13)9(11)6-8-4-3-5-12-7-8/h3-5,7,9H,2,6H2,1H3. The molecule has 1 aromatic heterocycles. The Kier molecular flexibility index (Phi) is 4.04. The molecule has 0 N–H and O–H groups in total. The first-order valence-electron chi connectivity index (χ1n) is 4.43. The van der Waals surface area contributed by atoms with Crippen LogP contribution in [-0.2, 0) is 16.0 Å². The average Bonchev–Trinajstić information content (AvgIpc) is 2.19. The lowest BCUT2D eigenvalue weighted by atomic mass is 10.1. The number of esters is 1. The molecule has 1 unspecified atom stereocenters. The highest BCUT2D eigenvalue weighted by molar-refractivity contribution is 5.74. The van der Waals surface area contributed by atoms with E-state index in [-0.39, 0.29) is 13.0 Å². The Hall–Kier alpha value is -1.45. The van der Waals surface area contributed by atoms with E-state index in [0.29, 0.717) is 5.56 Å². The molecule has 0 radical (unpaired) electrons. The predicted octanol–water partition coefficient (Wildman–Crippen LogP) is 1.53. The quantitative estimate of drug-likeness (QED) is 0.687. The van der Waals surface area contributed by atoms with Gasteiger partial charge in [0.1, 0.15) is 0 Å². The summed E-state index contributed by atoms with van der Waals surface area (Å²) in [4.78, 5) is 14.8. The van der Waals surface area contributed by atoms with Crippen LogP contribution in [0.1, 0.15) is 12.5 Å². The van der Waals surface area contributed by atoms with E-state index in [1.54, 1.807) is 25.3 Å². The van der Waals surface area contributed by atoms with E-state index >= 15 is 0 Å². The maximum absolute atomic E-state index is 13.2. The molecule has 0 fully saturated rings. The first-order chi connectivity index (χ1) is 6.74. The SMILES string of the molecule is CCOC(=O)C(F)Cc1cccnc1. The van der Waals surface area contributed by atoms with Crippen molar-refractivity contribution >= 4 is 5.97 Å². The predicted molar refractivity (Wildman–Crippen MR) is 49.5 cm³/mol. The fourth-order valence-electron chi connectivity index (χ4n) is 1.04. The maximum atomic E-state index is 13.2. The van der Waals surface area contributed by atoms with Crippen molar-refractivity contribution in [3.63, 3.8) is 0 Å². The summed E-state index contributed by atoms with van der Waals surface area (Å²) in [5.41, 5.74) is 0.688. The van der Waals surface area contributed by atoms with Crippen LogP contribution < -0.4 is 0 Å². The second-order valence-electron chi connectivity index (χ2n) is 2.78. The van der Waals surface area contributed by atoms with E-state index in [0.717, 1.165) is 0 Å². The van der Waals surface area contributed by atoms with E-state index in [1.165, 1.54) is 6.20 Å². The molecule has 3 nitrogen and oxygen atoms in total. The molecule has 0 amide bonds. The Morgan fingerprint density at radius 1 is 1.71 bits per heavy atom. The molecule has 1 heterocycles. The molecule has 4 heteroatoms. The van der Waals surface area contributed by atoms with Gasteiger partial charge in [-0.1, -0.05) is 6.07 Å². The van der Waals surface area contributed by atoms with E-state index in [2.05, 4.69) is 9.72 Å². The maximum Gasteiger partial charge on any atom is 0.341 e. The van der Waals surface area contributed by atoms with Crippen molar-refractivity contribution in [3.8, 4) is 0 Å². The van der Waals surface area contributed by atoms with Gasteiger partial charge in [0.2, 0.25) is 6.17 Å². The van der Waals surface area contributed by atoms with Gasteiger partial charge < -0.3 is 4.74 Å². The third-order valence-corrected chi connectivity index (χ3v) is 1.68. The van der Waals surface area contributed by atoms with Crippen molar-refractivity contribution in [3.05, 3.63) is 30.1 Å². The fraction of sp³-hybridized carbons (Fsp3) is 0.400. The number of hydrogen-bond donors (Lipinski definition) is 0. The Morgan fingerprint density at radius 2 is 2.50 bits per heavy atom. The zero-order chi connectivity index (χ0) is 10.4. The molecule has 0 aromatic carbocycles. The number of pyridine rings is 1. The van der Waals surface area contributed by atoms with E-state index in [4.69, 9.17) is 0 Å². The number of nitrogens with zero attached hydrogens (tertiary/aromatic N) is 1. The van der Waals surface area contributed by atoms with Gasteiger partial charge in [-0.3, -0.25) is 4.98 Å². The summed E-state index contributed by atoms with van der Waals surface area (Å²) in [7, 11) is 0. The van der Waals surface area contributed by atoms with Gasteiger partial charge in [0.15, 0.2) is 0 Å². The van der Waals surface area contributed by atoms with E-state index in [9.17, 15) is 9.18 Å². The zero-order valence-electron chi connectivity index (χ0n) is 7.94. The van der Waals surface area contributed by atoms with Gasteiger partial charge in [0.05, 0.1) is 6.61 Å². The van der Waals surface area contributed by atoms with Crippen LogP contribution in [-0.4, -0.2) is 23.7 Å². The number of rotatable bonds is 4. The Morgan fingerprint density at radius 3 is 3.07 bits per heavy atom. The summed E-state index contributed by atoms with van der Waals surface area (Å²) in [6.07, 6.45) is 1.55. The average molecular weight is 197 g/mol. The summed E-state index contributed by atoms with van der Waals surface area (Å²) in [5, 5.41) is 0. The van der Waals surface area contributed by atoms with Crippen molar-refractivity contribution in [2.45, 2.75) is 19.5 Å². The highest BCUT2D eigenvalue weighted by Crippen LogP contribution is 2.05. The topological polar surface area (TPSA) is 39.2 Å². The molecule has 0 bridgehead atoms. The second-order valence-corrected chi connectivity index (χ2v) is 2.78. The minimum absolute atomic E-state index is 0.0205. The molecule has 1 atom stereocenters. The van der Waals surface area contributed by atoms with Crippen LogP contribution in [0.25, 0.3) is 0 Å². The van der Waals surface area contributed by atoms with E-state index in [1.807, 2.05) is 0 Å². The monoisotopic (exact) mass is 197 g/mol. The minimum Gasteiger partial charge on any atom is -0.464 e. The van der Waals surface area contributed by atoms with Crippen LogP contribution in [0, 0.1) is 0 Å². The first kappa shape index (κ1) is 10.6. The van der Waals surface area contributed by atoms with Gasteiger partial charge in [-0.2, -0.15) is 0 Å². The molecule has 0 saturated heterocycles. The van der Waals surface area contributed by atoms with Gasteiger partial charge in [-0.05, 0) is 18.6 Å². The summed E-state index contributed by atoms with van der Waals surface area (Å²) in [6.45, 7) is 1.85. The number of halogens is 1. The second kappa shape index (κ2) is 5.32. The lowest BCUT2D eigenvalue weighted by Crippen LogP contribution is -2.21. The molecule has 0 aliphatic carbocycles. The number of hydrogen-bond acceptors (Lipinski definition) is 3. The smallest absolute Gasteiger partial charge is 0.341 e. The van der Waals surface area contributed by atoms with Crippen LogP contribution in [0.15, 0.2) is 24.5 Å². The van der Waals surface area contributed by atoms with Crippen molar-refractivity contribution < 1.29 is 13.9 Å². The number of aromatic nitrogens is 1. The van der Waals surface area contributed by atoms with Crippen molar-refractivity contribution in [1.82, 2.24) is 4.98 Å². The third-order valence-electron chi connectivity index (χ3n) is 1.68. The van der Waals surface area contributed by atoms with Crippen molar-refractivity contribution in [2.24, 2.45) is 0 Å². The Balaban J connectivity index is 2.49. The molecular formula is C10H12FNO2. The van der Waals surface area contributed by atoms with Crippen molar-refractivity contribution in [2.75, 3.05) is 6.61 Å². The lowest BCUT2D eigenvalue weighted by Gasteiger charge is -2.06.